The van der Waals surface area contributed by atoms with Crippen molar-refractivity contribution in [3.05, 3.63) is 30.1 Å². The second-order valence-corrected chi connectivity index (χ2v) is 6.28. The predicted molar refractivity (Wildman–Crippen MR) is 101 cm³/mol. The number of hydrogen-bond donors (Lipinski definition) is 2. The molecule has 0 spiro atoms. The minimum absolute atomic E-state index is 0.670. The number of aliphatic imine (C=N–C) groups is 1. The quantitative estimate of drug-likeness (QED) is 0.385. The van der Waals surface area contributed by atoms with Gasteiger partial charge in [0.15, 0.2) is 5.96 Å². The molecule has 6 heteroatoms. The van der Waals surface area contributed by atoms with Crippen molar-refractivity contribution in [3.8, 4) is 0 Å². The topological polar surface area (TPSA) is 67.8 Å². The Balaban J connectivity index is 1.56. The minimum Gasteiger partial charge on any atom is -0.381 e. The molecule has 0 bridgehead atoms. The molecule has 1 aliphatic rings. The van der Waals surface area contributed by atoms with E-state index in [0.717, 1.165) is 77.7 Å². The van der Waals surface area contributed by atoms with E-state index in [1.165, 1.54) is 5.56 Å². The summed E-state index contributed by atoms with van der Waals surface area (Å²) in [7, 11) is 0. The third-order valence-corrected chi connectivity index (χ3v) is 4.18. The molecule has 140 valence electrons. The van der Waals surface area contributed by atoms with Crippen molar-refractivity contribution in [3.63, 3.8) is 0 Å². The average Bonchev–Trinajstić information content (AvgIpc) is 2.66. The maximum Gasteiger partial charge on any atom is 0.191 e. The molecule has 1 fully saturated rings. The van der Waals surface area contributed by atoms with Gasteiger partial charge < -0.3 is 20.1 Å². The van der Waals surface area contributed by atoms with Crippen LogP contribution in [-0.4, -0.2) is 57.0 Å². The molecule has 2 heterocycles. The van der Waals surface area contributed by atoms with Crippen LogP contribution in [0.2, 0.25) is 0 Å². The maximum absolute atomic E-state index is 5.78. The van der Waals surface area contributed by atoms with Crippen molar-refractivity contribution in [1.82, 2.24) is 15.6 Å². The van der Waals surface area contributed by atoms with Crippen LogP contribution in [0.25, 0.3) is 0 Å². The maximum atomic E-state index is 5.78. The molecule has 2 N–H and O–H groups in total. The van der Waals surface area contributed by atoms with Gasteiger partial charge in [-0.2, -0.15) is 0 Å². The van der Waals surface area contributed by atoms with Gasteiger partial charge in [-0.05, 0) is 50.2 Å². The Hall–Kier alpha value is -1.66. The highest BCUT2D eigenvalue weighted by molar-refractivity contribution is 5.79. The summed E-state index contributed by atoms with van der Waals surface area (Å²) in [6, 6.07) is 4.06. The summed E-state index contributed by atoms with van der Waals surface area (Å²) in [5, 5.41) is 6.65. The predicted octanol–water partition coefficient (Wildman–Crippen LogP) is 2.01. The van der Waals surface area contributed by atoms with E-state index in [9.17, 15) is 0 Å². The van der Waals surface area contributed by atoms with E-state index in [4.69, 9.17) is 9.47 Å². The van der Waals surface area contributed by atoms with Gasteiger partial charge in [-0.1, -0.05) is 6.07 Å². The first kappa shape index (κ1) is 19.7. The number of ether oxygens (including phenoxy) is 2. The number of nitrogens with one attached hydrogen (secondary N) is 2. The zero-order valence-electron chi connectivity index (χ0n) is 15.4. The van der Waals surface area contributed by atoms with Gasteiger partial charge in [-0.15, -0.1) is 0 Å². The van der Waals surface area contributed by atoms with Gasteiger partial charge in [0.25, 0.3) is 0 Å². The van der Waals surface area contributed by atoms with Crippen LogP contribution < -0.4 is 10.6 Å². The van der Waals surface area contributed by atoms with Gasteiger partial charge in [-0.3, -0.25) is 9.98 Å². The van der Waals surface area contributed by atoms with Gasteiger partial charge in [-0.25, -0.2) is 0 Å². The van der Waals surface area contributed by atoms with Crippen LogP contribution in [-0.2, 0) is 15.9 Å². The largest absolute Gasteiger partial charge is 0.381 e. The number of aromatic nitrogens is 1. The second-order valence-electron chi connectivity index (χ2n) is 6.28. The van der Waals surface area contributed by atoms with E-state index in [1.807, 2.05) is 12.3 Å². The number of rotatable bonds is 10. The average molecular weight is 348 g/mol. The Bertz CT molecular complexity index is 476. The molecule has 0 saturated carbocycles. The van der Waals surface area contributed by atoms with E-state index < -0.39 is 0 Å². The molecule has 0 unspecified atom stereocenters. The molecule has 1 aliphatic heterocycles. The summed E-state index contributed by atoms with van der Waals surface area (Å²) >= 11 is 0. The standard InChI is InChI=1S/C19H32N4O2/c1-2-21-19(23-11-6-17-5-3-9-20-15-17)22-10-4-12-25-16-18-7-13-24-14-8-18/h3,5,9,15,18H,2,4,6-8,10-14,16H2,1H3,(H2,21,22,23). The summed E-state index contributed by atoms with van der Waals surface area (Å²) in [6.07, 6.45) is 7.84. The molecule has 25 heavy (non-hydrogen) atoms. The molecular weight excluding hydrogens is 316 g/mol. The van der Waals surface area contributed by atoms with Crippen LogP contribution in [0.5, 0.6) is 0 Å². The fourth-order valence-electron chi connectivity index (χ4n) is 2.73. The molecular formula is C19H32N4O2. The first-order valence-electron chi connectivity index (χ1n) is 9.45. The van der Waals surface area contributed by atoms with Gasteiger partial charge in [0, 0.05) is 58.5 Å². The molecule has 6 nitrogen and oxygen atoms in total. The Morgan fingerprint density at radius 3 is 3.00 bits per heavy atom. The van der Waals surface area contributed by atoms with Gasteiger partial charge in [0.2, 0.25) is 0 Å². The highest BCUT2D eigenvalue weighted by atomic mass is 16.5. The van der Waals surface area contributed by atoms with E-state index in [1.54, 1.807) is 6.20 Å². The Kier molecular flexibility index (Phi) is 9.96. The highest BCUT2D eigenvalue weighted by Crippen LogP contribution is 2.14. The molecule has 0 radical (unpaired) electrons. The van der Waals surface area contributed by atoms with Gasteiger partial charge in [0.05, 0.1) is 0 Å². The van der Waals surface area contributed by atoms with Crippen LogP contribution in [0.1, 0.15) is 31.7 Å². The number of guanidine groups is 1. The highest BCUT2D eigenvalue weighted by Gasteiger charge is 2.13. The van der Waals surface area contributed by atoms with Crippen LogP contribution in [0.15, 0.2) is 29.5 Å². The van der Waals surface area contributed by atoms with E-state index in [2.05, 4.69) is 33.6 Å². The smallest absolute Gasteiger partial charge is 0.191 e. The van der Waals surface area contributed by atoms with Crippen molar-refractivity contribution in [2.24, 2.45) is 10.9 Å². The first-order chi connectivity index (χ1) is 12.4. The Labute approximate surface area is 151 Å². The summed E-state index contributed by atoms with van der Waals surface area (Å²) < 4.78 is 11.1. The third kappa shape index (κ3) is 8.84. The van der Waals surface area contributed by atoms with Crippen molar-refractivity contribution in [2.45, 2.75) is 32.6 Å². The molecule has 1 aromatic heterocycles. The molecule has 0 aliphatic carbocycles. The number of nitrogens with zero attached hydrogens (tertiary/aromatic N) is 2. The van der Waals surface area contributed by atoms with Gasteiger partial charge >= 0.3 is 0 Å². The lowest BCUT2D eigenvalue weighted by molar-refractivity contribution is 0.0205. The molecule has 2 rings (SSSR count). The van der Waals surface area contributed by atoms with Crippen LogP contribution >= 0.6 is 0 Å². The number of pyridine rings is 1. The van der Waals surface area contributed by atoms with Crippen LogP contribution in [0.4, 0.5) is 0 Å². The zero-order valence-corrected chi connectivity index (χ0v) is 15.4. The third-order valence-electron chi connectivity index (χ3n) is 4.18. The van der Waals surface area contributed by atoms with E-state index >= 15 is 0 Å². The van der Waals surface area contributed by atoms with Gasteiger partial charge in [0.1, 0.15) is 0 Å². The lowest BCUT2D eigenvalue weighted by Gasteiger charge is -2.21. The van der Waals surface area contributed by atoms with Crippen molar-refractivity contribution in [2.75, 3.05) is 46.1 Å². The second kappa shape index (κ2) is 12.7. The number of hydrogen-bond acceptors (Lipinski definition) is 4. The summed E-state index contributed by atoms with van der Waals surface area (Å²) in [4.78, 5) is 8.74. The monoisotopic (exact) mass is 348 g/mol. The van der Waals surface area contributed by atoms with Crippen LogP contribution in [0.3, 0.4) is 0 Å². The molecule has 0 aromatic carbocycles. The van der Waals surface area contributed by atoms with Crippen LogP contribution in [0, 0.1) is 5.92 Å². The molecule has 0 amide bonds. The lowest BCUT2D eigenvalue weighted by Crippen LogP contribution is -2.38. The molecule has 0 atom stereocenters. The fraction of sp³-hybridized carbons (Fsp3) is 0.684. The first-order valence-corrected chi connectivity index (χ1v) is 9.45. The van der Waals surface area contributed by atoms with Crippen molar-refractivity contribution < 1.29 is 9.47 Å². The summed E-state index contributed by atoms with van der Waals surface area (Å²) in [6.45, 7) is 7.96. The van der Waals surface area contributed by atoms with E-state index in [-0.39, 0.29) is 0 Å². The minimum atomic E-state index is 0.670. The summed E-state index contributed by atoms with van der Waals surface area (Å²) in [5.41, 5.74) is 1.23. The fourth-order valence-corrected chi connectivity index (χ4v) is 2.73. The summed E-state index contributed by atoms with van der Waals surface area (Å²) in [5.74, 6) is 1.54. The van der Waals surface area contributed by atoms with E-state index in [0.29, 0.717) is 5.92 Å². The Morgan fingerprint density at radius 1 is 1.36 bits per heavy atom. The lowest BCUT2D eigenvalue weighted by atomic mass is 10.0. The molecule has 1 saturated heterocycles. The van der Waals surface area contributed by atoms with Crippen molar-refractivity contribution >= 4 is 5.96 Å². The Morgan fingerprint density at radius 2 is 2.24 bits per heavy atom. The normalized spacial score (nSPS) is 16.0. The molecule has 1 aromatic rings. The SMILES string of the molecule is CCNC(=NCCCOCC1CCOCC1)NCCc1cccnc1. The van der Waals surface area contributed by atoms with Crippen molar-refractivity contribution in [1.29, 1.82) is 0 Å². The zero-order chi connectivity index (χ0) is 17.6.